The Morgan fingerprint density at radius 3 is 2.46 bits per heavy atom. The van der Waals surface area contributed by atoms with E-state index in [1.165, 1.54) is 0 Å². The van der Waals surface area contributed by atoms with Crippen molar-refractivity contribution in [1.29, 1.82) is 0 Å². The van der Waals surface area contributed by atoms with E-state index in [0.29, 0.717) is 50.2 Å². The van der Waals surface area contributed by atoms with Crippen molar-refractivity contribution in [2.45, 2.75) is 13.8 Å². The molecule has 1 aromatic heterocycles. The van der Waals surface area contributed by atoms with Gasteiger partial charge in [0.1, 0.15) is 5.76 Å². The van der Waals surface area contributed by atoms with E-state index in [2.05, 4.69) is 20.7 Å². The zero-order chi connectivity index (χ0) is 17.1. The summed E-state index contributed by atoms with van der Waals surface area (Å²) in [5.41, 5.74) is 0. The van der Waals surface area contributed by atoms with E-state index in [9.17, 15) is 9.59 Å². The Labute approximate surface area is 165 Å². The second kappa shape index (κ2) is 10.1. The number of hydrogen-bond acceptors (Lipinski definition) is 6. The van der Waals surface area contributed by atoms with Crippen LogP contribution >= 0.6 is 24.8 Å². The fourth-order valence-corrected chi connectivity index (χ4v) is 3.09. The van der Waals surface area contributed by atoms with Gasteiger partial charge in [-0.3, -0.25) is 14.5 Å². The molecule has 0 aliphatic carbocycles. The first-order valence-electron chi connectivity index (χ1n) is 8.48. The van der Waals surface area contributed by atoms with Gasteiger partial charge < -0.3 is 20.1 Å². The average molecular weight is 408 g/mol. The number of aryl methyl sites for hydroxylation is 1. The molecule has 0 radical (unpaired) electrons. The highest BCUT2D eigenvalue weighted by atomic mass is 35.5. The lowest BCUT2D eigenvalue weighted by Crippen LogP contribution is -2.55. The van der Waals surface area contributed by atoms with Crippen molar-refractivity contribution in [1.82, 2.24) is 20.3 Å². The van der Waals surface area contributed by atoms with Crippen molar-refractivity contribution < 1.29 is 14.1 Å². The Bertz CT molecular complexity index is 600. The molecule has 0 aromatic carbocycles. The number of anilines is 1. The van der Waals surface area contributed by atoms with E-state index in [-0.39, 0.29) is 42.5 Å². The molecule has 3 heterocycles. The Morgan fingerprint density at radius 2 is 1.96 bits per heavy atom. The highest BCUT2D eigenvalue weighted by Gasteiger charge is 2.33. The molecular weight excluding hydrogens is 381 g/mol. The topological polar surface area (TPSA) is 90.7 Å². The second-order valence-electron chi connectivity index (χ2n) is 6.68. The molecule has 1 aromatic rings. The van der Waals surface area contributed by atoms with Crippen LogP contribution in [0.4, 0.5) is 5.82 Å². The quantitative estimate of drug-likeness (QED) is 0.748. The molecule has 3 rings (SSSR count). The maximum Gasteiger partial charge on any atom is 0.239 e. The molecule has 0 saturated carbocycles. The van der Waals surface area contributed by atoms with Crippen LogP contribution < -0.4 is 10.6 Å². The molecule has 0 bridgehead atoms. The number of aromatic nitrogens is 1. The minimum atomic E-state index is -0.114. The zero-order valence-corrected chi connectivity index (χ0v) is 16.7. The predicted molar refractivity (Wildman–Crippen MR) is 103 cm³/mol. The lowest BCUT2D eigenvalue weighted by atomic mass is 9.88. The summed E-state index contributed by atoms with van der Waals surface area (Å²) >= 11 is 0. The fourth-order valence-electron chi connectivity index (χ4n) is 3.09. The molecule has 2 N–H and O–H groups in total. The van der Waals surface area contributed by atoms with Gasteiger partial charge in [-0.05, 0) is 25.9 Å². The predicted octanol–water partition coefficient (Wildman–Crippen LogP) is 0.765. The highest BCUT2D eigenvalue weighted by molar-refractivity contribution is 5.91. The third-order valence-corrected chi connectivity index (χ3v) is 4.86. The van der Waals surface area contributed by atoms with Crippen LogP contribution in [0.15, 0.2) is 10.6 Å². The van der Waals surface area contributed by atoms with Gasteiger partial charge in [0.25, 0.3) is 0 Å². The third-order valence-electron chi connectivity index (χ3n) is 4.86. The van der Waals surface area contributed by atoms with Crippen molar-refractivity contribution >= 4 is 42.4 Å². The van der Waals surface area contributed by atoms with Crippen molar-refractivity contribution in [3.63, 3.8) is 0 Å². The Kier molecular flexibility index (Phi) is 8.82. The Hall–Kier alpha value is -1.35. The molecule has 2 saturated heterocycles. The van der Waals surface area contributed by atoms with E-state index in [1.807, 2.05) is 11.8 Å². The van der Waals surface area contributed by atoms with Crippen molar-refractivity contribution in [3.05, 3.63) is 11.8 Å². The summed E-state index contributed by atoms with van der Waals surface area (Å²) in [6, 6.07) is 1.69. The van der Waals surface area contributed by atoms with Crippen molar-refractivity contribution in [3.8, 4) is 0 Å². The smallest absolute Gasteiger partial charge is 0.239 e. The van der Waals surface area contributed by atoms with Crippen LogP contribution in [-0.2, 0) is 9.59 Å². The largest absolute Gasteiger partial charge is 0.360 e. The number of piperazine rings is 1. The van der Waals surface area contributed by atoms with E-state index >= 15 is 0 Å². The molecule has 2 aliphatic rings. The molecule has 2 fully saturated rings. The molecule has 1 unspecified atom stereocenters. The van der Waals surface area contributed by atoms with Crippen LogP contribution in [0, 0.1) is 18.8 Å². The SMILES string of the molecule is Cc1cc(NC(=O)CN2CCN(C(=O)C(C)C3CNC3)CC2)no1.Cl.Cl. The first-order valence-corrected chi connectivity index (χ1v) is 8.48. The van der Waals surface area contributed by atoms with Gasteiger partial charge in [0.2, 0.25) is 11.8 Å². The van der Waals surface area contributed by atoms with Gasteiger partial charge in [0, 0.05) is 38.2 Å². The molecule has 8 nitrogen and oxygen atoms in total. The summed E-state index contributed by atoms with van der Waals surface area (Å²) in [5.74, 6) is 1.77. The van der Waals surface area contributed by atoms with E-state index in [0.717, 1.165) is 13.1 Å². The van der Waals surface area contributed by atoms with E-state index < -0.39 is 0 Å². The summed E-state index contributed by atoms with van der Waals surface area (Å²) < 4.78 is 4.92. The van der Waals surface area contributed by atoms with Gasteiger partial charge in [0.05, 0.1) is 6.54 Å². The minimum absolute atomic E-state index is 0. The first kappa shape index (κ1) is 22.7. The van der Waals surface area contributed by atoms with Crippen molar-refractivity contribution in [2.75, 3.05) is 51.1 Å². The number of hydrogen-bond donors (Lipinski definition) is 2. The Morgan fingerprint density at radius 1 is 1.31 bits per heavy atom. The maximum atomic E-state index is 12.5. The number of amides is 2. The maximum absolute atomic E-state index is 12.5. The molecule has 10 heteroatoms. The van der Waals surface area contributed by atoms with Crippen LogP contribution in [0.25, 0.3) is 0 Å². The fraction of sp³-hybridized carbons (Fsp3) is 0.688. The van der Waals surface area contributed by atoms with Crippen LogP contribution in [0.1, 0.15) is 12.7 Å². The Balaban J connectivity index is 0.00000169. The van der Waals surface area contributed by atoms with E-state index in [4.69, 9.17) is 4.52 Å². The average Bonchev–Trinajstić information content (AvgIpc) is 2.90. The number of carbonyl (C=O) groups is 2. The van der Waals surface area contributed by atoms with Gasteiger partial charge >= 0.3 is 0 Å². The summed E-state index contributed by atoms with van der Waals surface area (Å²) in [6.07, 6.45) is 0. The van der Waals surface area contributed by atoms with Gasteiger partial charge in [-0.1, -0.05) is 12.1 Å². The van der Waals surface area contributed by atoms with Crippen LogP contribution in [0.5, 0.6) is 0 Å². The lowest BCUT2D eigenvalue weighted by Gasteiger charge is -2.39. The zero-order valence-electron chi connectivity index (χ0n) is 15.1. The standard InChI is InChI=1S/C16H25N5O3.2ClH/c1-11-7-14(19-24-11)18-15(22)10-20-3-5-21(6-4-20)16(23)12(2)13-8-17-9-13;;/h7,12-13,17H,3-6,8-10H2,1-2H3,(H,18,19,22);2*1H. The molecule has 26 heavy (non-hydrogen) atoms. The van der Waals surface area contributed by atoms with Crippen molar-refractivity contribution in [2.24, 2.45) is 11.8 Å². The summed E-state index contributed by atoms with van der Waals surface area (Å²) in [6.45, 7) is 8.77. The normalized spacial score (nSPS) is 18.9. The number of nitrogens with one attached hydrogen (secondary N) is 2. The third kappa shape index (κ3) is 5.57. The number of nitrogens with zero attached hydrogens (tertiary/aromatic N) is 3. The second-order valence-corrected chi connectivity index (χ2v) is 6.68. The van der Waals surface area contributed by atoms with Crippen LogP contribution in [0.2, 0.25) is 0 Å². The summed E-state index contributed by atoms with van der Waals surface area (Å²) in [4.78, 5) is 28.5. The van der Waals surface area contributed by atoms with Gasteiger partial charge in [-0.25, -0.2) is 0 Å². The molecule has 0 spiro atoms. The van der Waals surface area contributed by atoms with Gasteiger partial charge in [-0.15, -0.1) is 24.8 Å². The van der Waals surface area contributed by atoms with Crippen LogP contribution in [0.3, 0.4) is 0 Å². The summed E-state index contributed by atoms with van der Waals surface area (Å²) in [5, 5.41) is 9.68. The highest BCUT2D eigenvalue weighted by Crippen LogP contribution is 2.19. The van der Waals surface area contributed by atoms with Crippen LogP contribution in [-0.4, -0.2) is 72.6 Å². The number of carbonyl (C=O) groups excluding carboxylic acids is 2. The molecular formula is C16H27Cl2N5O3. The summed E-state index contributed by atoms with van der Waals surface area (Å²) in [7, 11) is 0. The van der Waals surface area contributed by atoms with E-state index in [1.54, 1.807) is 13.0 Å². The number of rotatable bonds is 5. The first-order chi connectivity index (χ1) is 11.5. The number of halogens is 2. The van der Waals surface area contributed by atoms with Gasteiger partial charge in [-0.2, -0.15) is 0 Å². The van der Waals surface area contributed by atoms with Gasteiger partial charge in [0.15, 0.2) is 5.82 Å². The molecule has 148 valence electrons. The molecule has 2 amide bonds. The minimum Gasteiger partial charge on any atom is -0.360 e. The lowest BCUT2D eigenvalue weighted by molar-refractivity contribution is -0.139. The molecule has 2 aliphatic heterocycles. The monoisotopic (exact) mass is 407 g/mol. The molecule has 1 atom stereocenters.